The Morgan fingerprint density at radius 1 is 0.774 bits per heavy atom. The minimum absolute atomic E-state index is 0.109. The predicted molar refractivity (Wildman–Crippen MR) is 125 cm³/mol. The van der Waals surface area contributed by atoms with Gasteiger partial charge in [0.05, 0.1) is 25.1 Å². The number of carbonyl (C=O) groups excluding carboxylic acids is 1. The Bertz CT molecular complexity index is 987. The number of benzene rings is 3. The number of carbonyl (C=O) groups is 1. The molecule has 3 aromatic carbocycles. The maximum Gasteiger partial charge on any atom is 0.171 e. The van der Waals surface area contributed by atoms with E-state index in [-0.39, 0.29) is 18.0 Å². The summed E-state index contributed by atoms with van der Waals surface area (Å²) in [6.45, 7) is 0.956. The molecule has 0 saturated heterocycles. The molecule has 1 aliphatic carbocycles. The minimum atomic E-state index is -0.354. The second-order valence-corrected chi connectivity index (χ2v) is 8.52. The fourth-order valence-corrected chi connectivity index (χ4v) is 4.41. The number of hydrogen-bond acceptors (Lipinski definition) is 4. The van der Waals surface area contributed by atoms with E-state index in [1.54, 1.807) is 11.8 Å². The first-order chi connectivity index (χ1) is 15.3. The zero-order chi connectivity index (χ0) is 21.3. The number of hydrogen-bond donors (Lipinski definition) is 0. The molecule has 1 aliphatic rings. The fourth-order valence-electron chi connectivity index (χ4n) is 3.59. The Morgan fingerprint density at radius 3 is 1.94 bits per heavy atom. The second kappa shape index (κ2) is 11.1. The standard InChI is InChI=1S/C27H26O3S/c28-25(20-31-23-14-8-3-9-15-23)24-16-17-26(29-18-21-10-4-1-5-11-21)27(24)30-19-22-12-6-2-7-13-22/h1-16,26-27H,17-20H2. The van der Waals surface area contributed by atoms with Gasteiger partial charge < -0.3 is 9.47 Å². The van der Waals surface area contributed by atoms with Gasteiger partial charge in [0.15, 0.2) is 5.78 Å². The van der Waals surface area contributed by atoms with Crippen LogP contribution in [0, 0.1) is 0 Å². The Balaban J connectivity index is 1.41. The van der Waals surface area contributed by atoms with Crippen LogP contribution in [-0.4, -0.2) is 23.7 Å². The molecule has 0 heterocycles. The van der Waals surface area contributed by atoms with E-state index in [2.05, 4.69) is 0 Å². The van der Waals surface area contributed by atoms with Gasteiger partial charge in [-0.2, -0.15) is 0 Å². The van der Waals surface area contributed by atoms with Gasteiger partial charge in [-0.1, -0.05) is 84.9 Å². The first-order valence-electron chi connectivity index (χ1n) is 10.5. The number of rotatable bonds is 10. The first-order valence-corrected chi connectivity index (χ1v) is 11.5. The molecule has 0 aliphatic heterocycles. The van der Waals surface area contributed by atoms with Crippen molar-refractivity contribution in [1.29, 1.82) is 0 Å². The molecule has 3 nitrogen and oxygen atoms in total. The molecule has 0 radical (unpaired) electrons. The maximum absolute atomic E-state index is 13.0. The predicted octanol–water partition coefficient (Wildman–Crippen LogP) is 5.85. The molecule has 0 saturated carbocycles. The topological polar surface area (TPSA) is 35.5 Å². The second-order valence-electron chi connectivity index (χ2n) is 7.47. The molecule has 31 heavy (non-hydrogen) atoms. The Labute approximate surface area is 188 Å². The van der Waals surface area contributed by atoms with Crippen molar-refractivity contribution in [3.05, 3.63) is 114 Å². The largest absolute Gasteiger partial charge is 0.370 e. The molecule has 0 bridgehead atoms. The lowest BCUT2D eigenvalue weighted by molar-refractivity contribution is -0.116. The number of ketones is 1. The summed E-state index contributed by atoms with van der Waals surface area (Å²) in [4.78, 5) is 14.1. The maximum atomic E-state index is 13.0. The highest BCUT2D eigenvalue weighted by Gasteiger charge is 2.35. The van der Waals surface area contributed by atoms with Crippen LogP contribution in [-0.2, 0) is 27.5 Å². The van der Waals surface area contributed by atoms with Crippen molar-refractivity contribution in [2.24, 2.45) is 0 Å². The van der Waals surface area contributed by atoms with Crippen LogP contribution in [0.5, 0.6) is 0 Å². The molecular formula is C27H26O3S. The van der Waals surface area contributed by atoms with Gasteiger partial charge in [-0.3, -0.25) is 4.79 Å². The van der Waals surface area contributed by atoms with E-state index in [0.717, 1.165) is 21.6 Å². The molecule has 0 fully saturated rings. The van der Waals surface area contributed by atoms with Gasteiger partial charge in [0, 0.05) is 10.5 Å². The van der Waals surface area contributed by atoms with Crippen LogP contribution in [0.4, 0.5) is 0 Å². The lowest BCUT2D eigenvalue weighted by Gasteiger charge is -2.23. The molecule has 0 spiro atoms. The van der Waals surface area contributed by atoms with Gasteiger partial charge in [0.1, 0.15) is 6.10 Å². The van der Waals surface area contributed by atoms with Gasteiger partial charge in [-0.25, -0.2) is 0 Å². The van der Waals surface area contributed by atoms with Crippen molar-refractivity contribution in [2.75, 3.05) is 5.75 Å². The monoisotopic (exact) mass is 430 g/mol. The van der Waals surface area contributed by atoms with Crippen molar-refractivity contribution in [3.63, 3.8) is 0 Å². The van der Waals surface area contributed by atoms with Crippen LogP contribution in [0.15, 0.2) is 108 Å². The summed E-state index contributed by atoms with van der Waals surface area (Å²) in [5.41, 5.74) is 2.93. The van der Waals surface area contributed by atoms with Crippen LogP contribution in [0.2, 0.25) is 0 Å². The fraction of sp³-hybridized carbons (Fsp3) is 0.222. The molecule has 0 N–H and O–H groups in total. The van der Waals surface area contributed by atoms with Gasteiger partial charge in [0.2, 0.25) is 0 Å². The summed E-state index contributed by atoms with van der Waals surface area (Å²) >= 11 is 1.56. The average Bonchev–Trinajstić information content (AvgIpc) is 3.24. The minimum Gasteiger partial charge on any atom is -0.370 e. The Morgan fingerprint density at radius 2 is 1.32 bits per heavy atom. The molecule has 4 heteroatoms. The van der Waals surface area contributed by atoms with Crippen LogP contribution >= 0.6 is 11.8 Å². The van der Waals surface area contributed by atoms with Crippen LogP contribution in [0.25, 0.3) is 0 Å². The van der Waals surface area contributed by atoms with E-state index < -0.39 is 0 Å². The van der Waals surface area contributed by atoms with Crippen LogP contribution < -0.4 is 0 Å². The highest BCUT2D eigenvalue weighted by molar-refractivity contribution is 8.00. The van der Waals surface area contributed by atoms with Gasteiger partial charge in [-0.05, 0) is 29.7 Å². The van der Waals surface area contributed by atoms with E-state index in [0.29, 0.717) is 25.4 Å². The average molecular weight is 431 g/mol. The van der Waals surface area contributed by atoms with E-state index in [4.69, 9.17) is 9.47 Å². The van der Waals surface area contributed by atoms with Crippen molar-refractivity contribution in [3.8, 4) is 0 Å². The Kier molecular flexibility index (Phi) is 7.72. The van der Waals surface area contributed by atoms with Crippen LogP contribution in [0.3, 0.4) is 0 Å². The summed E-state index contributed by atoms with van der Waals surface area (Å²) in [5.74, 6) is 0.504. The first kappa shape index (κ1) is 21.6. The lowest BCUT2D eigenvalue weighted by Crippen LogP contribution is -2.32. The molecule has 0 amide bonds. The zero-order valence-corrected chi connectivity index (χ0v) is 18.2. The van der Waals surface area contributed by atoms with E-state index in [9.17, 15) is 4.79 Å². The smallest absolute Gasteiger partial charge is 0.171 e. The molecule has 158 valence electrons. The molecule has 2 atom stereocenters. The quantitative estimate of drug-likeness (QED) is 0.378. The van der Waals surface area contributed by atoms with Gasteiger partial charge >= 0.3 is 0 Å². The summed E-state index contributed by atoms with van der Waals surface area (Å²) in [6, 6.07) is 30.1. The SMILES string of the molecule is O=C(CSc1ccccc1)C1=CCC(OCc2ccccc2)C1OCc1ccccc1. The third kappa shape index (κ3) is 6.17. The number of ether oxygens (including phenoxy) is 2. The number of thioether (sulfide) groups is 1. The van der Waals surface area contributed by atoms with Crippen molar-refractivity contribution in [1.82, 2.24) is 0 Å². The third-order valence-electron chi connectivity index (χ3n) is 5.23. The Hall–Kier alpha value is -2.66. The highest BCUT2D eigenvalue weighted by Crippen LogP contribution is 2.30. The summed E-state index contributed by atoms with van der Waals surface area (Å²) < 4.78 is 12.4. The highest BCUT2D eigenvalue weighted by atomic mass is 32.2. The van der Waals surface area contributed by atoms with E-state index in [1.807, 2.05) is 97.1 Å². The lowest BCUT2D eigenvalue weighted by atomic mass is 10.1. The summed E-state index contributed by atoms with van der Waals surface area (Å²) in [6.07, 6.45) is 2.17. The van der Waals surface area contributed by atoms with Crippen LogP contribution in [0.1, 0.15) is 17.5 Å². The van der Waals surface area contributed by atoms with Crippen molar-refractivity contribution in [2.45, 2.75) is 36.7 Å². The van der Waals surface area contributed by atoms with Gasteiger partial charge in [0.25, 0.3) is 0 Å². The summed E-state index contributed by atoms with van der Waals surface area (Å²) in [7, 11) is 0. The molecule has 3 aromatic rings. The summed E-state index contributed by atoms with van der Waals surface area (Å²) in [5, 5.41) is 0. The van der Waals surface area contributed by atoms with E-state index in [1.165, 1.54) is 0 Å². The zero-order valence-electron chi connectivity index (χ0n) is 17.4. The molecule has 4 rings (SSSR count). The molecule has 2 unspecified atom stereocenters. The normalized spacial score (nSPS) is 18.0. The third-order valence-corrected chi connectivity index (χ3v) is 6.24. The molecular weight excluding hydrogens is 404 g/mol. The van der Waals surface area contributed by atoms with E-state index >= 15 is 0 Å². The van der Waals surface area contributed by atoms with Crippen molar-refractivity contribution >= 4 is 17.5 Å². The van der Waals surface area contributed by atoms with Gasteiger partial charge in [-0.15, -0.1) is 11.8 Å². The van der Waals surface area contributed by atoms with Crippen molar-refractivity contribution < 1.29 is 14.3 Å². The number of Topliss-reactive ketones (excluding diaryl/α,β-unsaturated/α-hetero) is 1. The molecule has 0 aromatic heterocycles.